The first-order valence-corrected chi connectivity index (χ1v) is 7.13. The van der Waals surface area contributed by atoms with Crippen molar-refractivity contribution in [2.24, 2.45) is 7.05 Å². The highest BCUT2D eigenvalue weighted by atomic mass is 32.2. The first-order valence-electron chi connectivity index (χ1n) is 5.65. The molecule has 0 unspecified atom stereocenters. The van der Waals surface area contributed by atoms with Gasteiger partial charge in [-0.2, -0.15) is 5.10 Å². The van der Waals surface area contributed by atoms with E-state index < -0.39 is 10.0 Å². The molecule has 0 saturated carbocycles. The normalized spacial score (nSPS) is 11.5. The van der Waals surface area contributed by atoms with E-state index in [9.17, 15) is 13.5 Å². The lowest BCUT2D eigenvalue weighted by Crippen LogP contribution is -2.14. The molecule has 0 amide bonds. The summed E-state index contributed by atoms with van der Waals surface area (Å²) in [7, 11) is -1.97. The molecule has 0 fully saturated rings. The lowest BCUT2D eigenvalue weighted by molar-refractivity contribution is 0.280. The monoisotopic (exact) mass is 281 g/mol. The molecule has 19 heavy (non-hydrogen) atoms. The Balaban J connectivity index is 2.40. The van der Waals surface area contributed by atoms with Gasteiger partial charge in [0.25, 0.3) is 10.0 Å². The van der Waals surface area contributed by atoms with Gasteiger partial charge in [-0.05, 0) is 24.1 Å². The topological polar surface area (TPSA) is 84.2 Å². The SMILES string of the molecule is Cc1c(CO)cccc1S(=O)(=O)Nc1cnn(C)c1. The molecule has 0 saturated heterocycles. The summed E-state index contributed by atoms with van der Waals surface area (Å²) in [5.41, 5.74) is 1.53. The van der Waals surface area contributed by atoms with Gasteiger partial charge in [0.05, 0.1) is 23.4 Å². The van der Waals surface area contributed by atoms with Crippen LogP contribution in [0.4, 0.5) is 5.69 Å². The number of aliphatic hydroxyl groups is 1. The molecule has 102 valence electrons. The van der Waals surface area contributed by atoms with Gasteiger partial charge in [0, 0.05) is 13.2 Å². The van der Waals surface area contributed by atoms with E-state index in [-0.39, 0.29) is 11.5 Å². The first kappa shape index (κ1) is 13.6. The molecule has 1 heterocycles. The average molecular weight is 281 g/mol. The number of nitrogens with zero attached hydrogens (tertiary/aromatic N) is 2. The zero-order chi connectivity index (χ0) is 14.0. The average Bonchev–Trinajstić information content (AvgIpc) is 2.74. The summed E-state index contributed by atoms with van der Waals surface area (Å²) in [5, 5.41) is 13.1. The number of nitrogens with one attached hydrogen (secondary N) is 1. The molecule has 1 aromatic heterocycles. The van der Waals surface area contributed by atoms with Gasteiger partial charge in [0.15, 0.2) is 0 Å². The quantitative estimate of drug-likeness (QED) is 0.876. The number of aliphatic hydroxyl groups excluding tert-OH is 1. The fraction of sp³-hybridized carbons (Fsp3) is 0.250. The highest BCUT2D eigenvalue weighted by Crippen LogP contribution is 2.21. The fourth-order valence-corrected chi connectivity index (χ4v) is 3.12. The third kappa shape index (κ3) is 2.77. The van der Waals surface area contributed by atoms with Crippen molar-refractivity contribution in [1.82, 2.24) is 9.78 Å². The first-order chi connectivity index (χ1) is 8.94. The number of aryl methyl sites for hydroxylation is 1. The van der Waals surface area contributed by atoms with Crippen molar-refractivity contribution in [3.05, 3.63) is 41.7 Å². The molecule has 2 rings (SSSR count). The molecule has 2 aromatic rings. The number of benzene rings is 1. The molecule has 0 aliphatic heterocycles. The third-order valence-electron chi connectivity index (χ3n) is 2.81. The summed E-state index contributed by atoms with van der Waals surface area (Å²) in [5.74, 6) is 0. The minimum absolute atomic E-state index is 0.155. The number of hydrogen-bond acceptors (Lipinski definition) is 4. The summed E-state index contributed by atoms with van der Waals surface area (Å²) >= 11 is 0. The Morgan fingerprint density at radius 1 is 1.42 bits per heavy atom. The van der Waals surface area contributed by atoms with E-state index in [1.54, 1.807) is 32.3 Å². The lowest BCUT2D eigenvalue weighted by Gasteiger charge is -2.11. The van der Waals surface area contributed by atoms with E-state index in [0.29, 0.717) is 16.8 Å². The van der Waals surface area contributed by atoms with Crippen LogP contribution in [0.25, 0.3) is 0 Å². The molecule has 0 spiro atoms. The zero-order valence-electron chi connectivity index (χ0n) is 10.7. The van der Waals surface area contributed by atoms with Crippen LogP contribution in [0.1, 0.15) is 11.1 Å². The Morgan fingerprint density at radius 3 is 2.74 bits per heavy atom. The highest BCUT2D eigenvalue weighted by molar-refractivity contribution is 7.92. The molecular formula is C12H15N3O3S. The molecular weight excluding hydrogens is 266 g/mol. The summed E-state index contributed by atoms with van der Waals surface area (Å²) in [6.07, 6.45) is 3.01. The van der Waals surface area contributed by atoms with Gasteiger partial charge < -0.3 is 5.11 Å². The van der Waals surface area contributed by atoms with E-state index in [0.717, 1.165) is 0 Å². The molecule has 0 aliphatic carbocycles. The van der Waals surface area contributed by atoms with E-state index in [1.807, 2.05) is 0 Å². The van der Waals surface area contributed by atoms with Crippen LogP contribution in [0, 0.1) is 6.92 Å². The Morgan fingerprint density at radius 2 is 2.16 bits per heavy atom. The smallest absolute Gasteiger partial charge is 0.262 e. The zero-order valence-corrected chi connectivity index (χ0v) is 11.5. The van der Waals surface area contributed by atoms with E-state index in [4.69, 9.17) is 0 Å². The van der Waals surface area contributed by atoms with Crippen molar-refractivity contribution in [2.75, 3.05) is 4.72 Å². The third-order valence-corrected chi connectivity index (χ3v) is 4.34. The summed E-state index contributed by atoms with van der Waals surface area (Å²) in [6, 6.07) is 4.81. The van der Waals surface area contributed by atoms with Crippen LogP contribution in [-0.2, 0) is 23.7 Å². The number of sulfonamides is 1. The van der Waals surface area contributed by atoms with Crippen LogP contribution in [0.15, 0.2) is 35.5 Å². The summed E-state index contributed by atoms with van der Waals surface area (Å²) in [4.78, 5) is 0.155. The van der Waals surface area contributed by atoms with E-state index in [1.165, 1.54) is 16.9 Å². The van der Waals surface area contributed by atoms with Crippen LogP contribution < -0.4 is 4.72 Å². The van der Waals surface area contributed by atoms with Crippen LogP contribution in [-0.4, -0.2) is 23.3 Å². The standard InChI is InChI=1S/C12H15N3O3S/c1-9-10(8-16)4-3-5-12(9)19(17,18)14-11-6-13-15(2)7-11/h3-7,14,16H,8H2,1-2H3. The van der Waals surface area contributed by atoms with Crippen LogP contribution in [0.3, 0.4) is 0 Å². The van der Waals surface area contributed by atoms with Gasteiger partial charge >= 0.3 is 0 Å². The fourth-order valence-electron chi connectivity index (χ4n) is 1.81. The van der Waals surface area contributed by atoms with Crippen molar-refractivity contribution in [3.63, 3.8) is 0 Å². The number of rotatable bonds is 4. The second kappa shape index (κ2) is 5.02. The van der Waals surface area contributed by atoms with E-state index in [2.05, 4.69) is 9.82 Å². The van der Waals surface area contributed by atoms with Crippen molar-refractivity contribution >= 4 is 15.7 Å². The number of hydrogen-bond donors (Lipinski definition) is 2. The Labute approximate surface area is 111 Å². The van der Waals surface area contributed by atoms with E-state index >= 15 is 0 Å². The van der Waals surface area contributed by atoms with Crippen molar-refractivity contribution in [2.45, 2.75) is 18.4 Å². The molecule has 0 aliphatic rings. The second-order valence-corrected chi connectivity index (χ2v) is 5.86. The minimum atomic E-state index is -3.68. The van der Waals surface area contributed by atoms with Gasteiger partial charge in [-0.25, -0.2) is 8.42 Å². The lowest BCUT2D eigenvalue weighted by atomic mass is 10.1. The minimum Gasteiger partial charge on any atom is -0.392 e. The van der Waals surface area contributed by atoms with Crippen LogP contribution in [0.5, 0.6) is 0 Å². The molecule has 0 atom stereocenters. The summed E-state index contributed by atoms with van der Waals surface area (Å²) in [6.45, 7) is 1.48. The Hall–Kier alpha value is -1.86. The van der Waals surface area contributed by atoms with Crippen molar-refractivity contribution in [1.29, 1.82) is 0 Å². The largest absolute Gasteiger partial charge is 0.392 e. The molecule has 6 nitrogen and oxygen atoms in total. The number of aromatic nitrogens is 2. The van der Waals surface area contributed by atoms with Gasteiger partial charge in [-0.3, -0.25) is 9.40 Å². The van der Waals surface area contributed by atoms with Crippen molar-refractivity contribution < 1.29 is 13.5 Å². The predicted molar refractivity (Wildman–Crippen MR) is 71.1 cm³/mol. The van der Waals surface area contributed by atoms with Gasteiger partial charge in [-0.15, -0.1) is 0 Å². The Kier molecular flexibility index (Phi) is 3.59. The molecule has 7 heteroatoms. The summed E-state index contributed by atoms with van der Waals surface area (Å²) < 4.78 is 28.5. The molecule has 2 N–H and O–H groups in total. The van der Waals surface area contributed by atoms with Crippen LogP contribution in [0.2, 0.25) is 0 Å². The van der Waals surface area contributed by atoms with Crippen molar-refractivity contribution in [3.8, 4) is 0 Å². The van der Waals surface area contributed by atoms with Crippen LogP contribution >= 0.6 is 0 Å². The maximum absolute atomic E-state index is 12.3. The Bertz CT molecular complexity index is 692. The van der Waals surface area contributed by atoms with Gasteiger partial charge in [-0.1, -0.05) is 12.1 Å². The predicted octanol–water partition coefficient (Wildman–Crippen LogP) is 1.02. The van der Waals surface area contributed by atoms with Gasteiger partial charge in [0.2, 0.25) is 0 Å². The maximum atomic E-state index is 12.3. The molecule has 0 bridgehead atoms. The molecule has 1 aromatic carbocycles. The second-order valence-electron chi connectivity index (χ2n) is 4.21. The maximum Gasteiger partial charge on any atom is 0.262 e. The highest BCUT2D eigenvalue weighted by Gasteiger charge is 2.18. The number of anilines is 1. The van der Waals surface area contributed by atoms with Gasteiger partial charge in [0.1, 0.15) is 0 Å². The molecule has 0 radical (unpaired) electrons.